The van der Waals surface area contributed by atoms with Crippen LogP contribution in [0.15, 0.2) is 18.2 Å². The molecule has 0 aliphatic carbocycles. The molecule has 0 saturated carbocycles. The minimum atomic E-state index is -0.706. The van der Waals surface area contributed by atoms with Crippen LogP contribution in [0.3, 0.4) is 0 Å². The number of thioether (sulfide) groups is 1. The van der Waals surface area contributed by atoms with Gasteiger partial charge in [0.15, 0.2) is 0 Å². The number of amides is 1. The van der Waals surface area contributed by atoms with E-state index in [-0.39, 0.29) is 17.4 Å². The van der Waals surface area contributed by atoms with Crippen LogP contribution in [0.25, 0.3) is 0 Å². The summed E-state index contributed by atoms with van der Waals surface area (Å²) in [6.45, 7) is 3.94. The van der Waals surface area contributed by atoms with E-state index in [1.807, 2.05) is 6.92 Å². The van der Waals surface area contributed by atoms with Gasteiger partial charge in [0, 0.05) is 6.04 Å². The van der Waals surface area contributed by atoms with Gasteiger partial charge in [-0.05, 0) is 37.0 Å². The molecule has 3 nitrogen and oxygen atoms in total. The Kier molecular flexibility index (Phi) is 5.98. The summed E-state index contributed by atoms with van der Waals surface area (Å²) in [4.78, 5) is 11.8. The molecule has 1 rings (SSSR count). The first kappa shape index (κ1) is 14.8. The van der Waals surface area contributed by atoms with Gasteiger partial charge in [-0.2, -0.15) is 11.8 Å². The van der Waals surface area contributed by atoms with Crippen LogP contribution in [-0.2, 0) is 0 Å². The second-order valence-electron chi connectivity index (χ2n) is 3.99. The fourth-order valence-electron chi connectivity index (χ4n) is 1.51. The van der Waals surface area contributed by atoms with Gasteiger partial charge in [0.05, 0.1) is 0 Å². The van der Waals surface area contributed by atoms with Crippen LogP contribution < -0.4 is 5.32 Å². The molecule has 0 saturated heterocycles. The largest absolute Gasteiger partial charge is 0.507 e. The van der Waals surface area contributed by atoms with E-state index in [9.17, 15) is 14.3 Å². The second-order valence-corrected chi connectivity index (χ2v) is 5.39. The Balaban J connectivity index is 2.60. The van der Waals surface area contributed by atoms with Crippen LogP contribution in [0, 0.1) is 5.82 Å². The number of halogens is 1. The third kappa shape index (κ3) is 4.22. The van der Waals surface area contributed by atoms with Crippen molar-refractivity contribution in [3.05, 3.63) is 29.6 Å². The smallest absolute Gasteiger partial charge is 0.258 e. The molecule has 0 spiro atoms. The summed E-state index contributed by atoms with van der Waals surface area (Å²) < 4.78 is 13.4. The molecule has 18 heavy (non-hydrogen) atoms. The van der Waals surface area contributed by atoms with Crippen LogP contribution in [0.2, 0.25) is 0 Å². The zero-order chi connectivity index (χ0) is 13.5. The van der Waals surface area contributed by atoms with Crippen molar-refractivity contribution in [1.82, 2.24) is 5.32 Å². The maximum Gasteiger partial charge on any atom is 0.258 e. The summed E-state index contributed by atoms with van der Waals surface area (Å²) in [5.41, 5.74) is -0.285. The van der Waals surface area contributed by atoms with Gasteiger partial charge in [0.2, 0.25) is 0 Å². The SMILES string of the molecule is CCSCCC(C)NC(=O)c1c(O)cccc1F. The average Bonchev–Trinajstić information content (AvgIpc) is 2.29. The Morgan fingerprint density at radius 3 is 2.89 bits per heavy atom. The molecule has 5 heteroatoms. The van der Waals surface area contributed by atoms with Crippen molar-refractivity contribution in [1.29, 1.82) is 0 Å². The predicted molar refractivity (Wildman–Crippen MR) is 72.6 cm³/mol. The van der Waals surface area contributed by atoms with Crippen molar-refractivity contribution in [3.8, 4) is 5.75 Å². The van der Waals surface area contributed by atoms with E-state index in [2.05, 4.69) is 12.2 Å². The molecule has 1 atom stereocenters. The molecule has 0 fully saturated rings. The van der Waals surface area contributed by atoms with Gasteiger partial charge in [-0.1, -0.05) is 13.0 Å². The van der Waals surface area contributed by atoms with E-state index in [1.165, 1.54) is 12.1 Å². The highest BCUT2D eigenvalue weighted by Gasteiger charge is 2.17. The van der Waals surface area contributed by atoms with Crippen LogP contribution >= 0.6 is 11.8 Å². The third-order valence-corrected chi connectivity index (χ3v) is 3.43. The number of phenols is 1. The molecule has 0 bridgehead atoms. The fourth-order valence-corrected chi connectivity index (χ4v) is 2.32. The number of carbonyl (C=O) groups excluding carboxylic acids is 1. The topological polar surface area (TPSA) is 49.3 Å². The summed E-state index contributed by atoms with van der Waals surface area (Å²) in [5, 5.41) is 12.2. The van der Waals surface area contributed by atoms with Gasteiger partial charge >= 0.3 is 0 Å². The summed E-state index contributed by atoms with van der Waals surface area (Å²) >= 11 is 1.79. The Morgan fingerprint density at radius 2 is 2.28 bits per heavy atom. The highest BCUT2D eigenvalue weighted by molar-refractivity contribution is 7.99. The molecule has 0 heterocycles. The van der Waals surface area contributed by atoms with Gasteiger partial charge in [0.1, 0.15) is 17.1 Å². The maximum atomic E-state index is 13.4. The average molecular weight is 271 g/mol. The lowest BCUT2D eigenvalue weighted by Crippen LogP contribution is -2.33. The Bertz CT molecular complexity index is 392. The Labute approximate surface area is 111 Å². The van der Waals surface area contributed by atoms with Crippen molar-refractivity contribution in [2.45, 2.75) is 26.3 Å². The monoisotopic (exact) mass is 271 g/mol. The number of benzene rings is 1. The minimum Gasteiger partial charge on any atom is -0.507 e. The van der Waals surface area contributed by atoms with E-state index in [4.69, 9.17) is 0 Å². The number of nitrogens with one attached hydrogen (secondary N) is 1. The second kappa shape index (κ2) is 7.26. The molecule has 2 N–H and O–H groups in total. The number of aromatic hydroxyl groups is 1. The first-order valence-corrected chi connectivity index (χ1v) is 7.07. The molecule has 1 unspecified atom stereocenters. The lowest BCUT2D eigenvalue weighted by atomic mass is 10.1. The highest BCUT2D eigenvalue weighted by Crippen LogP contribution is 2.19. The van der Waals surface area contributed by atoms with Crippen LogP contribution in [0.1, 0.15) is 30.6 Å². The lowest BCUT2D eigenvalue weighted by Gasteiger charge is -2.14. The third-order valence-electron chi connectivity index (χ3n) is 2.50. The summed E-state index contributed by atoms with van der Waals surface area (Å²) in [6.07, 6.45) is 0.819. The number of hydrogen-bond acceptors (Lipinski definition) is 3. The molecule has 1 amide bonds. The summed E-state index contributed by atoms with van der Waals surface area (Å²) in [7, 11) is 0. The molecule has 0 aliphatic rings. The number of rotatable bonds is 6. The molecular formula is C13H18FNO2S. The molecule has 1 aromatic rings. The van der Waals surface area contributed by atoms with Crippen molar-refractivity contribution in [3.63, 3.8) is 0 Å². The molecular weight excluding hydrogens is 253 g/mol. The fraction of sp³-hybridized carbons (Fsp3) is 0.462. The van der Waals surface area contributed by atoms with Crippen molar-refractivity contribution in [2.75, 3.05) is 11.5 Å². The van der Waals surface area contributed by atoms with Crippen LogP contribution in [-0.4, -0.2) is 28.6 Å². The van der Waals surface area contributed by atoms with Crippen molar-refractivity contribution >= 4 is 17.7 Å². The van der Waals surface area contributed by atoms with Crippen molar-refractivity contribution < 1.29 is 14.3 Å². The van der Waals surface area contributed by atoms with Gasteiger partial charge in [-0.3, -0.25) is 4.79 Å². The Hall–Kier alpha value is -1.23. The van der Waals surface area contributed by atoms with E-state index in [0.29, 0.717) is 0 Å². The van der Waals surface area contributed by atoms with Gasteiger partial charge in [-0.15, -0.1) is 0 Å². The number of hydrogen-bond donors (Lipinski definition) is 2. The predicted octanol–water partition coefficient (Wildman–Crippen LogP) is 2.79. The lowest BCUT2D eigenvalue weighted by molar-refractivity contribution is 0.0932. The normalized spacial score (nSPS) is 12.2. The molecule has 0 aliphatic heterocycles. The molecule has 0 aromatic heterocycles. The van der Waals surface area contributed by atoms with E-state index < -0.39 is 11.7 Å². The summed E-state index contributed by atoms with van der Waals surface area (Å²) in [6, 6.07) is 3.78. The molecule has 0 radical (unpaired) electrons. The van der Waals surface area contributed by atoms with E-state index in [1.54, 1.807) is 11.8 Å². The molecule has 100 valence electrons. The zero-order valence-electron chi connectivity index (χ0n) is 10.6. The first-order chi connectivity index (χ1) is 8.56. The quantitative estimate of drug-likeness (QED) is 0.782. The maximum absolute atomic E-state index is 13.4. The highest BCUT2D eigenvalue weighted by atomic mass is 32.2. The minimum absolute atomic E-state index is 0.0458. The van der Waals surface area contributed by atoms with E-state index in [0.717, 1.165) is 24.0 Å². The Morgan fingerprint density at radius 1 is 1.56 bits per heavy atom. The van der Waals surface area contributed by atoms with Crippen molar-refractivity contribution in [2.24, 2.45) is 0 Å². The molecule has 1 aromatic carbocycles. The zero-order valence-corrected chi connectivity index (χ0v) is 11.4. The van der Waals surface area contributed by atoms with Gasteiger partial charge in [-0.25, -0.2) is 4.39 Å². The number of phenolic OH excluding ortho intramolecular Hbond substituents is 1. The van der Waals surface area contributed by atoms with E-state index >= 15 is 0 Å². The van der Waals surface area contributed by atoms with Gasteiger partial charge < -0.3 is 10.4 Å². The van der Waals surface area contributed by atoms with Gasteiger partial charge in [0.25, 0.3) is 5.91 Å². The van der Waals surface area contributed by atoms with Crippen LogP contribution in [0.4, 0.5) is 4.39 Å². The summed E-state index contributed by atoms with van der Waals surface area (Å²) in [5.74, 6) is 0.376. The van der Waals surface area contributed by atoms with Crippen LogP contribution in [0.5, 0.6) is 5.75 Å². The number of carbonyl (C=O) groups is 1. The first-order valence-electron chi connectivity index (χ1n) is 5.92. The standard InChI is InChI=1S/C13H18FNO2S/c1-3-18-8-7-9(2)15-13(17)12-10(14)5-4-6-11(12)16/h4-6,9,16H,3,7-8H2,1-2H3,(H,15,17).